The lowest BCUT2D eigenvalue weighted by molar-refractivity contribution is 1.05. The zero-order valence-electron chi connectivity index (χ0n) is 36.9. The second-order valence-electron chi connectivity index (χ2n) is 17.7. The Bertz CT molecular complexity index is 4280. The zero-order valence-corrected chi connectivity index (χ0v) is 36.9. The van der Waals surface area contributed by atoms with Gasteiger partial charge in [0.15, 0.2) is 5.82 Å². The molecular weight excluding hydrogens is 825 g/mol. The van der Waals surface area contributed by atoms with Gasteiger partial charge in [-0.3, -0.25) is 4.57 Å². The van der Waals surface area contributed by atoms with Gasteiger partial charge in [0.25, 0.3) is 0 Å². The standard InChI is InChI=1S/C64H40N4/c1-3-17-41(18-4-1)43-21-15-22-44(37-43)45-23-16-24-46(38-45)64-65-57(42-19-5-2-6-20-42)40-61(66-64)68-59-32-14-12-30-55(59)62-60(68)36-35-54-53-29-11-13-31-58(53)67(63(54)62)47-33-34-52-50-27-8-7-25-48(50)49-26-9-10-28-51(49)56(52)39-47/h1-40H. The van der Waals surface area contributed by atoms with Gasteiger partial charge in [0.1, 0.15) is 5.82 Å². The third-order valence-corrected chi connectivity index (χ3v) is 13.9. The van der Waals surface area contributed by atoms with Crippen molar-refractivity contribution in [2.75, 3.05) is 0 Å². The molecule has 0 saturated carbocycles. The molecule has 0 saturated heterocycles. The fourth-order valence-electron chi connectivity index (χ4n) is 10.8. The lowest BCUT2D eigenvalue weighted by Crippen LogP contribution is -2.02. The van der Waals surface area contributed by atoms with Crippen molar-refractivity contribution in [1.82, 2.24) is 19.1 Å². The molecule has 316 valence electrons. The number of nitrogens with zero attached hydrogens (tertiary/aromatic N) is 4. The Labute approximate surface area is 392 Å². The highest BCUT2D eigenvalue weighted by Crippen LogP contribution is 2.44. The van der Waals surface area contributed by atoms with Crippen LogP contribution >= 0.6 is 0 Å². The summed E-state index contributed by atoms with van der Waals surface area (Å²) in [5, 5.41) is 12.3. The smallest absolute Gasteiger partial charge is 0.162 e. The van der Waals surface area contributed by atoms with Crippen LogP contribution in [0, 0.1) is 0 Å². The van der Waals surface area contributed by atoms with E-state index in [0.29, 0.717) is 5.82 Å². The van der Waals surface area contributed by atoms with Crippen LogP contribution in [-0.2, 0) is 0 Å². The maximum atomic E-state index is 5.51. The van der Waals surface area contributed by atoms with Crippen molar-refractivity contribution in [3.8, 4) is 56.4 Å². The molecule has 0 amide bonds. The molecule has 0 bridgehead atoms. The summed E-state index contributed by atoms with van der Waals surface area (Å²) in [7, 11) is 0. The van der Waals surface area contributed by atoms with Gasteiger partial charge in [0, 0.05) is 44.4 Å². The average molecular weight is 865 g/mol. The van der Waals surface area contributed by atoms with Crippen LogP contribution in [-0.4, -0.2) is 19.1 Å². The number of rotatable bonds is 6. The molecule has 0 unspecified atom stereocenters. The summed E-state index contributed by atoms with van der Waals surface area (Å²) in [5.74, 6) is 1.47. The third-order valence-electron chi connectivity index (χ3n) is 13.9. The van der Waals surface area contributed by atoms with Crippen LogP contribution in [0.25, 0.3) is 132 Å². The van der Waals surface area contributed by atoms with E-state index in [2.05, 4.69) is 252 Å². The predicted octanol–water partition coefficient (Wildman–Crippen LogP) is 16.8. The van der Waals surface area contributed by atoms with Crippen molar-refractivity contribution in [3.63, 3.8) is 0 Å². The van der Waals surface area contributed by atoms with Crippen LogP contribution in [0.5, 0.6) is 0 Å². The number of fused-ring (bicyclic) bond motifs is 13. The Balaban J connectivity index is 1.01. The Hall–Kier alpha value is -9.12. The molecule has 0 radical (unpaired) electrons. The van der Waals surface area contributed by atoms with Gasteiger partial charge in [-0.25, -0.2) is 9.97 Å². The average Bonchev–Trinajstić information content (AvgIpc) is 3.94. The van der Waals surface area contributed by atoms with Crippen LogP contribution in [0.15, 0.2) is 243 Å². The summed E-state index contributed by atoms with van der Waals surface area (Å²) in [6.45, 7) is 0. The van der Waals surface area contributed by atoms with Crippen LogP contribution < -0.4 is 0 Å². The molecule has 0 N–H and O–H groups in total. The van der Waals surface area contributed by atoms with Crippen LogP contribution in [0.2, 0.25) is 0 Å². The second-order valence-corrected chi connectivity index (χ2v) is 17.7. The molecule has 0 aliphatic heterocycles. The number of para-hydroxylation sites is 2. The fourth-order valence-corrected chi connectivity index (χ4v) is 10.8. The van der Waals surface area contributed by atoms with E-state index in [1.165, 1.54) is 70.6 Å². The molecule has 3 aromatic heterocycles. The highest BCUT2D eigenvalue weighted by Gasteiger charge is 2.23. The van der Waals surface area contributed by atoms with Gasteiger partial charge >= 0.3 is 0 Å². The normalized spacial score (nSPS) is 11.8. The highest BCUT2D eigenvalue weighted by atomic mass is 15.1. The lowest BCUT2D eigenvalue weighted by atomic mass is 9.94. The SMILES string of the molecule is c1ccc(-c2cccc(-c3cccc(-c4nc(-c5ccccc5)cc(-n5c6ccccc6c6c5ccc5c7ccccc7n(-c7ccc8c9ccccc9c9ccccc9c8c7)c56)n4)c3)c2)cc1. The summed E-state index contributed by atoms with van der Waals surface area (Å²) < 4.78 is 4.84. The van der Waals surface area contributed by atoms with Crippen molar-refractivity contribution in [2.24, 2.45) is 0 Å². The Kier molecular flexibility index (Phi) is 8.55. The molecule has 11 aromatic carbocycles. The van der Waals surface area contributed by atoms with E-state index in [1.807, 2.05) is 0 Å². The first-order valence-corrected chi connectivity index (χ1v) is 23.2. The maximum Gasteiger partial charge on any atom is 0.162 e. The van der Waals surface area contributed by atoms with Crippen LogP contribution in [0.4, 0.5) is 0 Å². The molecule has 0 aliphatic carbocycles. The molecule has 0 atom stereocenters. The van der Waals surface area contributed by atoms with Crippen molar-refractivity contribution >= 4 is 75.9 Å². The van der Waals surface area contributed by atoms with Gasteiger partial charge in [-0.15, -0.1) is 0 Å². The first kappa shape index (κ1) is 38.2. The minimum absolute atomic E-state index is 0.666. The van der Waals surface area contributed by atoms with Gasteiger partial charge in [0.2, 0.25) is 0 Å². The van der Waals surface area contributed by atoms with Gasteiger partial charge in [0.05, 0.1) is 27.8 Å². The first-order valence-electron chi connectivity index (χ1n) is 23.2. The summed E-state index contributed by atoms with van der Waals surface area (Å²) in [4.78, 5) is 10.8. The number of aromatic nitrogens is 4. The quantitative estimate of drug-likeness (QED) is 0.156. The van der Waals surface area contributed by atoms with Crippen molar-refractivity contribution < 1.29 is 0 Å². The minimum Gasteiger partial charge on any atom is -0.309 e. The van der Waals surface area contributed by atoms with Gasteiger partial charge < -0.3 is 4.57 Å². The van der Waals surface area contributed by atoms with Crippen molar-refractivity contribution in [1.29, 1.82) is 0 Å². The molecule has 3 heterocycles. The minimum atomic E-state index is 0.666. The van der Waals surface area contributed by atoms with Crippen molar-refractivity contribution in [2.45, 2.75) is 0 Å². The molecule has 4 heteroatoms. The highest BCUT2D eigenvalue weighted by molar-refractivity contribution is 6.28. The van der Waals surface area contributed by atoms with E-state index in [1.54, 1.807) is 0 Å². The molecule has 0 spiro atoms. The van der Waals surface area contributed by atoms with E-state index >= 15 is 0 Å². The van der Waals surface area contributed by atoms with E-state index in [9.17, 15) is 0 Å². The predicted molar refractivity (Wildman–Crippen MR) is 285 cm³/mol. The van der Waals surface area contributed by atoms with Crippen molar-refractivity contribution in [3.05, 3.63) is 243 Å². The number of hydrogen-bond donors (Lipinski definition) is 0. The summed E-state index contributed by atoms with van der Waals surface area (Å²) in [6, 6.07) is 87.4. The summed E-state index contributed by atoms with van der Waals surface area (Å²) in [5.41, 5.74) is 13.1. The fraction of sp³-hybridized carbons (Fsp3) is 0. The maximum absolute atomic E-state index is 5.51. The van der Waals surface area contributed by atoms with Gasteiger partial charge in [-0.1, -0.05) is 194 Å². The molecule has 0 fully saturated rings. The molecular formula is C64H40N4. The molecule has 14 rings (SSSR count). The topological polar surface area (TPSA) is 35.6 Å². The molecule has 4 nitrogen and oxygen atoms in total. The second kappa shape index (κ2) is 15.2. The van der Waals surface area contributed by atoms with Crippen LogP contribution in [0.3, 0.4) is 0 Å². The summed E-state index contributed by atoms with van der Waals surface area (Å²) >= 11 is 0. The third kappa shape index (κ3) is 5.94. The first-order chi connectivity index (χ1) is 33.7. The largest absolute Gasteiger partial charge is 0.309 e. The molecule has 68 heavy (non-hydrogen) atoms. The Morgan fingerprint density at radius 1 is 0.265 bits per heavy atom. The molecule has 0 aliphatic rings. The Morgan fingerprint density at radius 2 is 0.750 bits per heavy atom. The van der Waals surface area contributed by atoms with Gasteiger partial charge in [-0.2, -0.15) is 0 Å². The zero-order chi connectivity index (χ0) is 44.7. The molecule has 14 aromatic rings. The van der Waals surface area contributed by atoms with E-state index < -0.39 is 0 Å². The number of hydrogen-bond acceptors (Lipinski definition) is 2. The summed E-state index contributed by atoms with van der Waals surface area (Å²) in [6.07, 6.45) is 0. The van der Waals surface area contributed by atoms with Gasteiger partial charge in [-0.05, 0) is 97.0 Å². The Morgan fingerprint density at radius 3 is 1.43 bits per heavy atom. The lowest BCUT2D eigenvalue weighted by Gasteiger charge is -2.14. The van der Waals surface area contributed by atoms with E-state index in [-0.39, 0.29) is 0 Å². The number of benzene rings is 11. The van der Waals surface area contributed by atoms with Crippen LogP contribution in [0.1, 0.15) is 0 Å². The van der Waals surface area contributed by atoms with E-state index in [0.717, 1.165) is 55.9 Å². The monoisotopic (exact) mass is 864 g/mol. The van der Waals surface area contributed by atoms with E-state index in [4.69, 9.17) is 9.97 Å².